The number of rotatable bonds is 2. The number of halogens is 1. The molecule has 0 amide bonds. The lowest BCUT2D eigenvalue weighted by Crippen LogP contribution is -2.09. The quantitative estimate of drug-likeness (QED) is 0.841. The lowest BCUT2D eigenvalue weighted by atomic mass is 9.99. The summed E-state index contributed by atoms with van der Waals surface area (Å²) in [5, 5.41) is 2.57. The predicted molar refractivity (Wildman–Crippen MR) is 68.4 cm³/mol. The fourth-order valence-electron chi connectivity index (χ4n) is 1.79. The van der Waals surface area contributed by atoms with Gasteiger partial charge in [-0.15, -0.1) is 0 Å². The van der Waals surface area contributed by atoms with Crippen molar-refractivity contribution in [3.63, 3.8) is 0 Å². The molecule has 0 spiro atoms. The maximum atomic E-state index is 6.11. The summed E-state index contributed by atoms with van der Waals surface area (Å²) in [6.45, 7) is 2.05. The summed E-state index contributed by atoms with van der Waals surface area (Å²) < 4.78 is 0. The molecule has 0 radical (unpaired) electrons. The SMILES string of the molecule is CC[C@H](N)c1ccc(Cl)c2cnc(N)cc12. The number of fused-ring (bicyclic) bond motifs is 1. The van der Waals surface area contributed by atoms with Gasteiger partial charge >= 0.3 is 0 Å². The minimum Gasteiger partial charge on any atom is -0.384 e. The van der Waals surface area contributed by atoms with Crippen molar-refractivity contribution in [2.45, 2.75) is 19.4 Å². The van der Waals surface area contributed by atoms with Crippen LogP contribution in [0.15, 0.2) is 24.4 Å². The number of hydrogen-bond acceptors (Lipinski definition) is 3. The Hall–Kier alpha value is -1.32. The van der Waals surface area contributed by atoms with Crippen LogP contribution in [0.25, 0.3) is 10.8 Å². The van der Waals surface area contributed by atoms with Crippen LogP contribution < -0.4 is 11.5 Å². The summed E-state index contributed by atoms with van der Waals surface area (Å²) in [5.74, 6) is 0.485. The van der Waals surface area contributed by atoms with E-state index in [1.165, 1.54) is 0 Å². The zero-order valence-electron chi connectivity index (χ0n) is 9.07. The Labute approximate surface area is 99.4 Å². The van der Waals surface area contributed by atoms with Crippen molar-refractivity contribution < 1.29 is 0 Å². The Morgan fingerprint density at radius 3 is 2.81 bits per heavy atom. The molecule has 4 heteroatoms. The van der Waals surface area contributed by atoms with Gasteiger partial charge in [0, 0.05) is 22.6 Å². The second-order valence-corrected chi connectivity index (χ2v) is 4.21. The summed E-state index contributed by atoms with van der Waals surface area (Å²) in [7, 11) is 0. The van der Waals surface area contributed by atoms with Gasteiger partial charge in [0.25, 0.3) is 0 Å². The van der Waals surface area contributed by atoms with Gasteiger partial charge in [0.1, 0.15) is 5.82 Å². The van der Waals surface area contributed by atoms with Crippen LogP contribution in [0, 0.1) is 0 Å². The van der Waals surface area contributed by atoms with E-state index in [0.29, 0.717) is 10.8 Å². The average Bonchev–Trinajstić information content (AvgIpc) is 2.28. The molecule has 3 nitrogen and oxygen atoms in total. The van der Waals surface area contributed by atoms with Gasteiger partial charge in [0.05, 0.1) is 0 Å². The minimum absolute atomic E-state index is 0.00145. The van der Waals surface area contributed by atoms with E-state index in [9.17, 15) is 0 Å². The first-order valence-electron chi connectivity index (χ1n) is 5.22. The topological polar surface area (TPSA) is 64.9 Å². The van der Waals surface area contributed by atoms with Gasteiger partial charge in [0.15, 0.2) is 0 Å². The maximum Gasteiger partial charge on any atom is 0.123 e. The van der Waals surface area contributed by atoms with Gasteiger partial charge < -0.3 is 11.5 Å². The van der Waals surface area contributed by atoms with Crippen molar-refractivity contribution in [3.05, 3.63) is 35.0 Å². The van der Waals surface area contributed by atoms with Crippen LogP contribution in [-0.4, -0.2) is 4.98 Å². The van der Waals surface area contributed by atoms with Crippen LogP contribution in [0.4, 0.5) is 5.82 Å². The average molecular weight is 236 g/mol. The van der Waals surface area contributed by atoms with E-state index in [1.807, 2.05) is 18.2 Å². The van der Waals surface area contributed by atoms with Gasteiger partial charge in [0.2, 0.25) is 0 Å². The van der Waals surface area contributed by atoms with Crippen molar-refractivity contribution in [2.24, 2.45) is 5.73 Å². The van der Waals surface area contributed by atoms with Crippen molar-refractivity contribution >= 4 is 28.2 Å². The van der Waals surface area contributed by atoms with Gasteiger partial charge in [-0.3, -0.25) is 0 Å². The second-order valence-electron chi connectivity index (χ2n) is 3.81. The Kier molecular flexibility index (Phi) is 2.99. The smallest absolute Gasteiger partial charge is 0.123 e. The van der Waals surface area contributed by atoms with Crippen LogP contribution in [-0.2, 0) is 0 Å². The molecule has 1 heterocycles. The molecule has 84 valence electrons. The number of nitrogens with zero attached hydrogens (tertiary/aromatic N) is 1. The first kappa shape index (κ1) is 11.2. The molecule has 16 heavy (non-hydrogen) atoms. The number of nitrogen functional groups attached to an aromatic ring is 1. The largest absolute Gasteiger partial charge is 0.384 e. The molecular formula is C12H14ClN3. The Morgan fingerprint density at radius 1 is 1.38 bits per heavy atom. The summed E-state index contributed by atoms with van der Waals surface area (Å²) in [5.41, 5.74) is 12.8. The van der Waals surface area contributed by atoms with Gasteiger partial charge in [-0.05, 0) is 29.5 Å². The number of pyridine rings is 1. The van der Waals surface area contributed by atoms with E-state index < -0.39 is 0 Å². The Morgan fingerprint density at radius 2 is 2.12 bits per heavy atom. The van der Waals surface area contributed by atoms with Crippen molar-refractivity contribution in [1.29, 1.82) is 0 Å². The van der Waals surface area contributed by atoms with Crippen molar-refractivity contribution in [3.8, 4) is 0 Å². The molecule has 0 aliphatic carbocycles. The molecule has 0 bridgehead atoms. The molecule has 1 aromatic heterocycles. The Bertz CT molecular complexity index is 525. The molecule has 2 rings (SSSR count). The van der Waals surface area contributed by atoms with E-state index in [2.05, 4.69) is 11.9 Å². The minimum atomic E-state index is 0.00145. The first-order chi connectivity index (χ1) is 7.63. The molecule has 4 N–H and O–H groups in total. The summed E-state index contributed by atoms with van der Waals surface area (Å²) >= 11 is 6.11. The van der Waals surface area contributed by atoms with Gasteiger partial charge in [-0.2, -0.15) is 0 Å². The number of anilines is 1. The van der Waals surface area contributed by atoms with Crippen molar-refractivity contribution in [1.82, 2.24) is 4.98 Å². The molecule has 0 aliphatic rings. The number of benzene rings is 1. The molecule has 0 fully saturated rings. The third-order valence-corrected chi connectivity index (χ3v) is 3.07. The lowest BCUT2D eigenvalue weighted by molar-refractivity contribution is 0.704. The third kappa shape index (κ3) is 1.84. The van der Waals surface area contributed by atoms with E-state index in [-0.39, 0.29) is 6.04 Å². The second kappa shape index (κ2) is 4.28. The van der Waals surface area contributed by atoms with Crippen molar-refractivity contribution in [2.75, 3.05) is 5.73 Å². The van der Waals surface area contributed by atoms with Gasteiger partial charge in [-0.1, -0.05) is 24.6 Å². The summed E-state index contributed by atoms with van der Waals surface area (Å²) in [4.78, 5) is 4.05. The zero-order chi connectivity index (χ0) is 11.7. The Balaban J connectivity index is 2.75. The van der Waals surface area contributed by atoms with Crippen LogP contribution in [0.1, 0.15) is 24.9 Å². The highest BCUT2D eigenvalue weighted by molar-refractivity contribution is 6.35. The summed E-state index contributed by atoms with van der Waals surface area (Å²) in [6, 6.07) is 5.64. The highest BCUT2D eigenvalue weighted by Gasteiger charge is 2.10. The van der Waals surface area contributed by atoms with E-state index in [1.54, 1.807) is 6.20 Å². The van der Waals surface area contributed by atoms with Crippen LogP contribution >= 0.6 is 11.6 Å². The molecule has 0 aliphatic heterocycles. The molecule has 0 saturated heterocycles. The lowest BCUT2D eigenvalue weighted by Gasteiger charge is -2.13. The number of nitrogens with two attached hydrogens (primary N) is 2. The highest BCUT2D eigenvalue weighted by Crippen LogP contribution is 2.30. The fourth-order valence-corrected chi connectivity index (χ4v) is 2.00. The first-order valence-corrected chi connectivity index (χ1v) is 5.60. The molecule has 0 unspecified atom stereocenters. The standard InChI is InChI=1S/C12H14ClN3/c1-2-11(14)7-3-4-10(13)9-6-16-12(15)5-8(7)9/h3-6,11H,2,14H2,1H3,(H2,15,16)/t11-/m0/s1. The van der Waals surface area contributed by atoms with Crippen LogP contribution in [0.2, 0.25) is 5.02 Å². The molecule has 0 saturated carbocycles. The normalized spacial score (nSPS) is 12.9. The molecule has 1 atom stereocenters. The van der Waals surface area contributed by atoms with E-state index in [4.69, 9.17) is 23.1 Å². The third-order valence-electron chi connectivity index (χ3n) is 2.74. The maximum absolute atomic E-state index is 6.11. The summed E-state index contributed by atoms with van der Waals surface area (Å²) in [6.07, 6.45) is 2.57. The van der Waals surface area contributed by atoms with Gasteiger partial charge in [-0.25, -0.2) is 4.98 Å². The molecular weight excluding hydrogens is 222 g/mol. The predicted octanol–water partition coefficient (Wildman–Crippen LogP) is 2.88. The fraction of sp³-hybridized carbons (Fsp3) is 0.250. The molecule has 1 aromatic carbocycles. The van der Waals surface area contributed by atoms with E-state index in [0.717, 1.165) is 22.8 Å². The highest BCUT2D eigenvalue weighted by atomic mass is 35.5. The van der Waals surface area contributed by atoms with Crippen LogP contribution in [0.3, 0.4) is 0 Å². The van der Waals surface area contributed by atoms with E-state index >= 15 is 0 Å². The zero-order valence-corrected chi connectivity index (χ0v) is 9.83. The monoisotopic (exact) mass is 235 g/mol. The number of aromatic nitrogens is 1. The van der Waals surface area contributed by atoms with Crippen LogP contribution in [0.5, 0.6) is 0 Å². The molecule has 2 aromatic rings. The number of hydrogen-bond donors (Lipinski definition) is 2.